The van der Waals surface area contributed by atoms with Gasteiger partial charge in [0.25, 0.3) is 5.91 Å². The number of benzene rings is 2. The zero-order valence-electron chi connectivity index (χ0n) is 12.8. The Hall–Kier alpha value is -2.62. The second kappa shape index (κ2) is 5.23. The van der Waals surface area contributed by atoms with E-state index in [1.165, 1.54) is 0 Å². The minimum Gasteiger partial charge on any atom is -0.339 e. The van der Waals surface area contributed by atoms with E-state index in [0.717, 1.165) is 11.3 Å². The smallest absolute Gasteiger partial charge is 0.253 e. The SMILES string of the molecule is O=C(c1ccccc1)N1CCC2(CC1)C(=O)Nc1ccccc12. The van der Waals surface area contributed by atoms with Gasteiger partial charge in [0, 0.05) is 24.3 Å². The van der Waals surface area contributed by atoms with Crippen molar-refractivity contribution in [2.45, 2.75) is 18.3 Å². The fourth-order valence-electron chi connectivity index (χ4n) is 3.72. The molecule has 2 aromatic rings. The molecule has 0 aliphatic carbocycles. The van der Waals surface area contributed by atoms with Gasteiger partial charge in [0.1, 0.15) is 0 Å². The number of rotatable bonds is 1. The van der Waals surface area contributed by atoms with Crippen LogP contribution in [0.3, 0.4) is 0 Å². The zero-order chi connectivity index (χ0) is 15.9. The van der Waals surface area contributed by atoms with Crippen molar-refractivity contribution in [2.75, 3.05) is 18.4 Å². The molecule has 1 spiro atoms. The van der Waals surface area contributed by atoms with Crippen molar-refractivity contribution in [3.05, 3.63) is 65.7 Å². The molecule has 116 valence electrons. The lowest BCUT2D eigenvalue weighted by Crippen LogP contribution is -2.48. The highest BCUT2D eigenvalue weighted by molar-refractivity contribution is 6.06. The van der Waals surface area contributed by atoms with Gasteiger partial charge >= 0.3 is 0 Å². The second-order valence-electron chi connectivity index (χ2n) is 6.24. The fraction of sp³-hybridized carbons (Fsp3) is 0.263. The molecule has 1 fully saturated rings. The third-order valence-electron chi connectivity index (χ3n) is 5.05. The van der Waals surface area contributed by atoms with Gasteiger partial charge in [-0.05, 0) is 36.6 Å². The van der Waals surface area contributed by atoms with Crippen LogP contribution < -0.4 is 5.32 Å². The monoisotopic (exact) mass is 306 g/mol. The molecule has 0 bridgehead atoms. The van der Waals surface area contributed by atoms with Crippen molar-refractivity contribution in [1.82, 2.24) is 4.90 Å². The van der Waals surface area contributed by atoms with Crippen LogP contribution in [0, 0.1) is 0 Å². The number of anilines is 1. The lowest BCUT2D eigenvalue weighted by atomic mass is 9.73. The molecule has 4 nitrogen and oxygen atoms in total. The molecule has 0 unspecified atom stereocenters. The van der Waals surface area contributed by atoms with Gasteiger partial charge in [-0.25, -0.2) is 0 Å². The molecule has 0 radical (unpaired) electrons. The minimum atomic E-state index is -0.468. The van der Waals surface area contributed by atoms with Gasteiger partial charge in [-0.15, -0.1) is 0 Å². The summed E-state index contributed by atoms with van der Waals surface area (Å²) in [7, 11) is 0. The van der Waals surface area contributed by atoms with Crippen molar-refractivity contribution in [1.29, 1.82) is 0 Å². The summed E-state index contributed by atoms with van der Waals surface area (Å²) in [6.07, 6.45) is 1.35. The predicted molar refractivity (Wildman–Crippen MR) is 88.3 cm³/mol. The molecule has 2 aliphatic heterocycles. The average Bonchev–Trinajstić information content (AvgIpc) is 2.88. The van der Waals surface area contributed by atoms with Crippen LogP contribution in [0.15, 0.2) is 54.6 Å². The van der Waals surface area contributed by atoms with Crippen LogP contribution in [0.1, 0.15) is 28.8 Å². The molecule has 1 N–H and O–H groups in total. The van der Waals surface area contributed by atoms with Gasteiger partial charge in [-0.3, -0.25) is 9.59 Å². The molecule has 2 aromatic carbocycles. The van der Waals surface area contributed by atoms with Crippen LogP contribution in [0.25, 0.3) is 0 Å². The Morgan fingerprint density at radius 3 is 2.35 bits per heavy atom. The van der Waals surface area contributed by atoms with Gasteiger partial charge in [0.05, 0.1) is 5.41 Å². The number of nitrogens with one attached hydrogen (secondary N) is 1. The third kappa shape index (κ3) is 2.13. The summed E-state index contributed by atoms with van der Waals surface area (Å²) < 4.78 is 0. The molecule has 0 atom stereocenters. The third-order valence-corrected chi connectivity index (χ3v) is 5.05. The fourth-order valence-corrected chi connectivity index (χ4v) is 3.72. The van der Waals surface area contributed by atoms with Crippen molar-refractivity contribution < 1.29 is 9.59 Å². The largest absolute Gasteiger partial charge is 0.339 e. The first-order valence-electron chi connectivity index (χ1n) is 7.96. The Kier molecular flexibility index (Phi) is 3.18. The summed E-state index contributed by atoms with van der Waals surface area (Å²) in [6, 6.07) is 17.2. The highest BCUT2D eigenvalue weighted by Gasteiger charge is 2.48. The van der Waals surface area contributed by atoms with Gasteiger partial charge in [0.2, 0.25) is 5.91 Å². The van der Waals surface area contributed by atoms with Crippen LogP contribution in [0.2, 0.25) is 0 Å². The van der Waals surface area contributed by atoms with Gasteiger partial charge in [0.15, 0.2) is 0 Å². The zero-order valence-corrected chi connectivity index (χ0v) is 12.8. The van der Waals surface area contributed by atoms with E-state index in [2.05, 4.69) is 5.32 Å². The maximum absolute atomic E-state index is 12.6. The van der Waals surface area contributed by atoms with E-state index in [4.69, 9.17) is 0 Å². The van der Waals surface area contributed by atoms with Crippen molar-refractivity contribution in [3.8, 4) is 0 Å². The Morgan fingerprint density at radius 2 is 1.61 bits per heavy atom. The number of carbonyl (C=O) groups excluding carboxylic acids is 2. The molecule has 4 heteroatoms. The lowest BCUT2D eigenvalue weighted by Gasteiger charge is -2.38. The summed E-state index contributed by atoms with van der Waals surface area (Å²) >= 11 is 0. The van der Waals surface area contributed by atoms with Gasteiger partial charge in [-0.2, -0.15) is 0 Å². The summed E-state index contributed by atoms with van der Waals surface area (Å²) in [5.41, 5.74) is 2.24. The van der Waals surface area contributed by atoms with Crippen LogP contribution in [-0.2, 0) is 10.2 Å². The second-order valence-corrected chi connectivity index (χ2v) is 6.24. The molecular weight excluding hydrogens is 288 g/mol. The molecule has 2 amide bonds. The number of piperidine rings is 1. The quantitative estimate of drug-likeness (QED) is 0.881. The summed E-state index contributed by atoms with van der Waals surface area (Å²) in [4.78, 5) is 27.0. The Morgan fingerprint density at radius 1 is 0.957 bits per heavy atom. The normalized spacial score (nSPS) is 18.6. The lowest BCUT2D eigenvalue weighted by molar-refractivity contribution is -0.122. The standard InChI is InChI=1S/C19H18N2O2/c22-17(14-6-2-1-3-7-14)21-12-10-19(11-13-21)15-8-4-5-9-16(15)20-18(19)23/h1-9H,10-13H2,(H,20,23). The highest BCUT2D eigenvalue weighted by atomic mass is 16.2. The number of carbonyl (C=O) groups is 2. The maximum Gasteiger partial charge on any atom is 0.253 e. The van der Waals surface area contributed by atoms with Crippen LogP contribution in [0.5, 0.6) is 0 Å². The molecule has 4 rings (SSSR count). The number of hydrogen-bond acceptors (Lipinski definition) is 2. The average molecular weight is 306 g/mol. The highest BCUT2D eigenvalue weighted by Crippen LogP contribution is 2.44. The van der Waals surface area contributed by atoms with E-state index in [-0.39, 0.29) is 11.8 Å². The van der Waals surface area contributed by atoms with E-state index >= 15 is 0 Å². The summed E-state index contributed by atoms with van der Waals surface area (Å²) in [5, 5.41) is 2.99. The van der Waals surface area contributed by atoms with Gasteiger partial charge in [-0.1, -0.05) is 36.4 Å². The molecule has 23 heavy (non-hydrogen) atoms. The van der Waals surface area contributed by atoms with E-state index < -0.39 is 5.41 Å². The predicted octanol–water partition coefficient (Wildman–Crippen LogP) is 2.81. The van der Waals surface area contributed by atoms with Crippen LogP contribution in [0.4, 0.5) is 5.69 Å². The van der Waals surface area contributed by atoms with Crippen molar-refractivity contribution in [2.24, 2.45) is 0 Å². The molecule has 1 saturated heterocycles. The number of nitrogens with zero attached hydrogens (tertiary/aromatic N) is 1. The first-order valence-corrected chi connectivity index (χ1v) is 7.96. The van der Waals surface area contributed by atoms with Crippen molar-refractivity contribution >= 4 is 17.5 Å². The number of amides is 2. The van der Waals surface area contributed by atoms with Crippen LogP contribution >= 0.6 is 0 Å². The Bertz CT molecular complexity index is 762. The molecule has 0 aromatic heterocycles. The molecular formula is C19H18N2O2. The van der Waals surface area contributed by atoms with E-state index in [1.54, 1.807) is 0 Å². The Balaban J connectivity index is 1.56. The topological polar surface area (TPSA) is 49.4 Å². The maximum atomic E-state index is 12.6. The molecule has 2 aliphatic rings. The number of para-hydroxylation sites is 1. The van der Waals surface area contributed by atoms with E-state index in [0.29, 0.717) is 31.5 Å². The first kappa shape index (κ1) is 14.0. The number of hydrogen-bond donors (Lipinski definition) is 1. The molecule has 2 heterocycles. The van der Waals surface area contributed by atoms with Crippen LogP contribution in [-0.4, -0.2) is 29.8 Å². The van der Waals surface area contributed by atoms with E-state index in [1.807, 2.05) is 59.5 Å². The van der Waals surface area contributed by atoms with E-state index in [9.17, 15) is 9.59 Å². The summed E-state index contributed by atoms with van der Waals surface area (Å²) in [6.45, 7) is 1.21. The Labute approximate surface area is 135 Å². The van der Waals surface area contributed by atoms with Gasteiger partial charge < -0.3 is 10.2 Å². The number of likely N-dealkylation sites (tertiary alicyclic amines) is 1. The summed E-state index contributed by atoms with van der Waals surface area (Å²) in [5.74, 6) is 0.123. The molecule has 0 saturated carbocycles. The van der Waals surface area contributed by atoms with Crippen molar-refractivity contribution in [3.63, 3.8) is 0 Å². The first-order chi connectivity index (χ1) is 11.2. The number of fused-ring (bicyclic) bond motifs is 2. The minimum absolute atomic E-state index is 0.0483.